The molecule has 0 saturated heterocycles. The maximum absolute atomic E-state index is 12.0. The zero-order valence-electron chi connectivity index (χ0n) is 10.9. The molecular formula is C14H20O3S. The predicted octanol–water partition coefficient (Wildman–Crippen LogP) is 2.72. The number of hydrogen-bond donors (Lipinski definition) is 0. The second-order valence-electron chi connectivity index (χ2n) is 4.57. The summed E-state index contributed by atoms with van der Waals surface area (Å²) >= 11 is 0. The quantitative estimate of drug-likeness (QED) is 0.714. The van der Waals surface area contributed by atoms with Crippen LogP contribution in [0, 0.1) is 5.92 Å². The number of carbonyl (C=O) groups is 1. The Morgan fingerprint density at radius 3 is 2.33 bits per heavy atom. The molecule has 1 unspecified atom stereocenters. The molecule has 0 aliphatic heterocycles. The summed E-state index contributed by atoms with van der Waals surface area (Å²) in [6.07, 6.45) is 1.03. The number of benzene rings is 1. The van der Waals surface area contributed by atoms with Gasteiger partial charge in [-0.15, -0.1) is 0 Å². The van der Waals surface area contributed by atoms with Gasteiger partial charge in [0.2, 0.25) is 0 Å². The van der Waals surface area contributed by atoms with Crippen molar-refractivity contribution in [3.05, 3.63) is 35.9 Å². The number of Topliss-reactive ketones (excluding diaryl/α,β-unsaturated/α-hetero) is 1. The lowest BCUT2D eigenvalue weighted by Crippen LogP contribution is -2.18. The highest BCUT2D eigenvalue weighted by Gasteiger charge is 2.18. The van der Waals surface area contributed by atoms with Crippen molar-refractivity contribution in [1.29, 1.82) is 0 Å². The lowest BCUT2D eigenvalue weighted by Gasteiger charge is -2.10. The van der Waals surface area contributed by atoms with Gasteiger partial charge in [0.1, 0.15) is 9.84 Å². The van der Waals surface area contributed by atoms with Gasteiger partial charge in [-0.1, -0.05) is 44.2 Å². The maximum atomic E-state index is 12.0. The molecule has 1 rings (SSSR count). The highest BCUT2D eigenvalue weighted by molar-refractivity contribution is 7.91. The van der Waals surface area contributed by atoms with Crippen LogP contribution in [-0.2, 0) is 9.84 Å². The zero-order chi connectivity index (χ0) is 13.6. The van der Waals surface area contributed by atoms with E-state index in [-0.39, 0.29) is 23.2 Å². The molecule has 1 aromatic carbocycles. The van der Waals surface area contributed by atoms with E-state index in [1.54, 1.807) is 19.1 Å². The summed E-state index contributed by atoms with van der Waals surface area (Å²) in [6.45, 7) is 3.63. The van der Waals surface area contributed by atoms with E-state index in [1.165, 1.54) is 0 Å². The van der Waals surface area contributed by atoms with Crippen LogP contribution in [0.3, 0.4) is 0 Å². The third kappa shape index (κ3) is 4.61. The molecule has 3 nitrogen and oxygen atoms in total. The van der Waals surface area contributed by atoms with Crippen LogP contribution in [0.2, 0.25) is 0 Å². The standard InChI is InChI=1S/C14H20O3S/c1-3-10-18(16,17)11-9-12(2)14(15)13-7-5-4-6-8-13/h4-8,12H,3,9-11H2,1-2H3. The summed E-state index contributed by atoms with van der Waals surface area (Å²) < 4.78 is 23.2. The number of rotatable bonds is 7. The molecule has 0 N–H and O–H groups in total. The molecule has 100 valence electrons. The van der Waals surface area contributed by atoms with Crippen LogP contribution in [0.5, 0.6) is 0 Å². The van der Waals surface area contributed by atoms with E-state index >= 15 is 0 Å². The third-order valence-corrected chi connectivity index (χ3v) is 4.77. The number of sulfone groups is 1. The van der Waals surface area contributed by atoms with Crippen molar-refractivity contribution < 1.29 is 13.2 Å². The summed E-state index contributed by atoms with van der Waals surface area (Å²) in [4.78, 5) is 12.0. The van der Waals surface area contributed by atoms with Gasteiger partial charge in [0.25, 0.3) is 0 Å². The van der Waals surface area contributed by atoms with Crippen molar-refractivity contribution in [3.8, 4) is 0 Å². The SMILES string of the molecule is CCCS(=O)(=O)CCC(C)C(=O)c1ccccc1. The van der Waals surface area contributed by atoms with Crippen LogP contribution >= 0.6 is 0 Å². The van der Waals surface area contributed by atoms with E-state index in [9.17, 15) is 13.2 Å². The summed E-state index contributed by atoms with van der Waals surface area (Å²) in [5.41, 5.74) is 0.651. The topological polar surface area (TPSA) is 51.2 Å². The Balaban J connectivity index is 2.57. The first kappa shape index (κ1) is 14.9. The normalized spacial score (nSPS) is 13.2. The molecule has 18 heavy (non-hydrogen) atoms. The fourth-order valence-corrected chi connectivity index (χ4v) is 3.33. The van der Waals surface area contributed by atoms with Gasteiger partial charge in [0.05, 0.1) is 5.75 Å². The summed E-state index contributed by atoms with van der Waals surface area (Å²) in [6, 6.07) is 9.01. The third-order valence-electron chi connectivity index (χ3n) is 2.88. The predicted molar refractivity (Wildman–Crippen MR) is 73.5 cm³/mol. The molecule has 0 saturated carbocycles. The molecule has 0 aliphatic rings. The Kier molecular flexibility index (Phi) is 5.54. The van der Waals surface area contributed by atoms with Gasteiger partial charge in [-0.3, -0.25) is 4.79 Å². The number of hydrogen-bond acceptors (Lipinski definition) is 3. The van der Waals surface area contributed by atoms with E-state index in [1.807, 2.05) is 25.1 Å². The van der Waals surface area contributed by atoms with Crippen molar-refractivity contribution in [2.75, 3.05) is 11.5 Å². The Labute approximate surface area is 109 Å². The molecule has 1 atom stereocenters. The number of ketones is 1. The van der Waals surface area contributed by atoms with Crippen molar-refractivity contribution >= 4 is 15.6 Å². The fraction of sp³-hybridized carbons (Fsp3) is 0.500. The Bertz CT molecular complexity index is 477. The highest BCUT2D eigenvalue weighted by atomic mass is 32.2. The van der Waals surface area contributed by atoms with Gasteiger partial charge in [0, 0.05) is 17.2 Å². The molecule has 0 spiro atoms. The largest absolute Gasteiger partial charge is 0.294 e. The monoisotopic (exact) mass is 268 g/mol. The molecule has 0 radical (unpaired) electrons. The van der Waals surface area contributed by atoms with Crippen LogP contribution < -0.4 is 0 Å². The van der Waals surface area contributed by atoms with Gasteiger partial charge in [0.15, 0.2) is 5.78 Å². The Morgan fingerprint density at radius 2 is 1.78 bits per heavy atom. The smallest absolute Gasteiger partial charge is 0.165 e. The zero-order valence-corrected chi connectivity index (χ0v) is 11.7. The van der Waals surface area contributed by atoms with Gasteiger partial charge in [-0.25, -0.2) is 8.42 Å². The lowest BCUT2D eigenvalue weighted by atomic mass is 9.97. The molecule has 1 aromatic rings. The summed E-state index contributed by atoms with van der Waals surface area (Å²) in [5, 5.41) is 0. The Hall–Kier alpha value is -1.16. The van der Waals surface area contributed by atoms with Crippen LogP contribution in [0.4, 0.5) is 0 Å². The molecular weight excluding hydrogens is 248 g/mol. The van der Waals surface area contributed by atoms with E-state index in [0.29, 0.717) is 18.4 Å². The lowest BCUT2D eigenvalue weighted by molar-refractivity contribution is 0.0928. The van der Waals surface area contributed by atoms with E-state index in [0.717, 1.165) is 0 Å². The average molecular weight is 268 g/mol. The minimum atomic E-state index is -2.99. The van der Waals surface area contributed by atoms with Crippen molar-refractivity contribution in [2.24, 2.45) is 5.92 Å². The van der Waals surface area contributed by atoms with Gasteiger partial charge in [-0.05, 0) is 12.8 Å². The molecule has 0 bridgehead atoms. The Morgan fingerprint density at radius 1 is 1.17 bits per heavy atom. The molecule has 0 fully saturated rings. The molecule has 0 aliphatic carbocycles. The fourth-order valence-electron chi connectivity index (χ4n) is 1.79. The molecule has 0 amide bonds. The van der Waals surface area contributed by atoms with Crippen LogP contribution in [-0.4, -0.2) is 25.7 Å². The van der Waals surface area contributed by atoms with Crippen LogP contribution in [0.25, 0.3) is 0 Å². The van der Waals surface area contributed by atoms with Crippen molar-refractivity contribution in [1.82, 2.24) is 0 Å². The van der Waals surface area contributed by atoms with E-state index < -0.39 is 9.84 Å². The molecule has 0 aromatic heterocycles. The minimum Gasteiger partial charge on any atom is -0.294 e. The first-order valence-electron chi connectivity index (χ1n) is 6.26. The van der Waals surface area contributed by atoms with Crippen molar-refractivity contribution in [3.63, 3.8) is 0 Å². The summed E-state index contributed by atoms with van der Waals surface area (Å²) in [7, 11) is -2.99. The van der Waals surface area contributed by atoms with Gasteiger partial charge in [-0.2, -0.15) is 0 Å². The molecule has 4 heteroatoms. The van der Waals surface area contributed by atoms with Crippen LogP contribution in [0.1, 0.15) is 37.0 Å². The first-order valence-corrected chi connectivity index (χ1v) is 8.08. The highest BCUT2D eigenvalue weighted by Crippen LogP contribution is 2.13. The second-order valence-corrected chi connectivity index (χ2v) is 6.88. The minimum absolute atomic E-state index is 0.0160. The van der Waals surface area contributed by atoms with Crippen molar-refractivity contribution in [2.45, 2.75) is 26.7 Å². The first-order chi connectivity index (χ1) is 8.46. The molecule has 0 heterocycles. The van der Waals surface area contributed by atoms with Gasteiger partial charge >= 0.3 is 0 Å². The average Bonchev–Trinajstić information content (AvgIpc) is 2.36. The summed E-state index contributed by atoms with van der Waals surface area (Å²) in [5.74, 6) is 0.0705. The van der Waals surface area contributed by atoms with Crippen LogP contribution in [0.15, 0.2) is 30.3 Å². The maximum Gasteiger partial charge on any atom is 0.165 e. The van der Waals surface area contributed by atoms with Gasteiger partial charge < -0.3 is 0 Å². The van der Waals surface area contributed by atoms with E-state index in [4.69, 9.17) is 0 Å². The number of carbonyl (C=O) groups excluding carboxylic acids is 1. The second kappa shape index (κ2) is 6.69. The van der Waals surface area contributed by atoms with E-state index in [2.05, 4.69) is 0 Å².